The summed E-state index contributed by atoms with van der Waals surface area (Å²) >= 11 is 0. The van der Waals surface area contributed by atoms with E-state index in [2.05, 4.69) is 0 Å². The number of likely N-dealkylation sites (N-methyl/N-ethyl adjacent to an activating group) is 1. The van der Waals surface area contributed by atoms with Crippen LogP contribution < -0.4 is 0 Å². The van der Waals surface area contributed by atoms with Gasteiger partial charge in [-0.3, -0.25) is 9.59 Å². The molecule has 5 atom stereocenters. The standard InChI is InChI=1S/C14H20N2O3/c1-2-15-10-3-4-16(11(10)5-12(15)17)14(18)13-8-6-19-7-9(8)13/h8-11,13H,2-7H2,1H3/t8-,9+,10?,11?,13?. The first-order chi connectivity index (χ1) is 9.22. The number of fused-ring (bicyclic) bond motifs is 2. The number of carbonyl (C=O) groups is 2. The molecule has 4 aliphatic rings. The zero-order chi connectivity index (χ0) is 13.1. The van der Waals surface area contributed by atoms with Gasteiger partial charge in [-0.15, -0.1) is 0 Å². The fraction of sp³-hybridized carbons (Fsp3) is 0.857. The lowest BCUT2D eigenvalue weighted by molar-refractivity contribution is -0.135. The van der Waals surface area contributed by atoms with Crippen LogP contribution in [0.1, 0.15) is 19.8 Å². The summed E-state index contributed by atoms with van der Waals surface area (Å²) in [6.45, 7) is 5.12. The lowest BCUT2D eigenvalue weighted by atomic mass is 10.1. The summed E-state index contributed by atoms with van der Waals surface area (Å²) < 4.78 is 5.35. The van der Waals surface area contributed by atoms with E-state index in [1.54, 1.807) is 0 Å². The van der Waals surface area contributed by atoms with Crippen LogP contribution >= 0.6 is 0 Å². The van der Waals surface area contributed by atoms with Crippen molar-refractivity contribution >= 4 is 11.8 Å². The van der Waals surface area contributed by atoms with E-state index in [4.69, 9.17) is 4.74 Å². The molecule has 1 saturated carbocycles. The first-order valence-corrected chi connectivity index (χ1v) is 7.40. The fourth-order valence-electron chi connectivity index (χ4n) is 4.41. The van der Waals surface area contributed by atoms with E-state index in [0.717, 1.165) is 32.7 Å². The summed E-state index contributed by atoms with van der Waals surface area (Å²) in [4.78, 5) is 28.5. The number of nitrogens with zero attached hydrogens (tertiary/aromatic N) is 2. The molecule has 0 aromatic rings. The van der Waals surface area contributed by atoms with Gasteiger partial charge in [0, 0.05) is 25.4 Å². The molecule has 4 rings (SSSR count). The summed E-state index contributed by atoms with van der Waals surface area (Å²) in [5, 5.41) is 0. The van der Waals surface area contributed by atoms with E-state index in [-0.39, 0.29) is 29.8 Å². The van der Waals surface area contributed by atoms with Crippen LogP contribution in [-0.2, 0) is 14.3 Å². The number of hydrogen-bond donors (Lipinski definition) is 0. The predicted octanol–water partition coefficient (Wildman–Crippen LogP) is 0.101. The van der Waals surface area contributed by atoms with Crippen LogP contribution in [-0.4, -0.2) is 60.0 Å². The van der Waals surface area contributed by atoms with Crippen LogP contribution in [0.4, 0.5) is 0 Å². The second-order valence-corrected chi connectivity index (χ2v) is 6.23. The Balaban J connectivity index is 1.49. The van der Waals surface area contributed by atoms with Crippen molar-refractivity contribution in [2.75, 3.05) is 26.3 Å². The van der Waals surface area contributed by atoms with E-state index in [1.165, 1.54) is 0 Å². The van der Waals surface area contributed by atoms with Crippen molar-refractivity contribution in [2.24, 2.45) is 17.8 Å². The number of likely N-dealkylation sites (tertiary alicyclic amines) is 2. The van der Waals surface area contributed by atoms with E-state index in [0.29, 0.717) is 18.3 Å². The van der Waals surface area contributed by atoms with Crippen molar-refractivity contribution in [2.45, 2.75) is 31.8 Å². The Labute approximate surface area is 112 Å². The summed E-state index contributed by atoms with van der Waals surface area (Å²) in [5.41, 5.74) is 0. The predicted molar refractivity (Wildman–Crippen MR) is 67.2 cm³/mol. The Morgan fingerprint density at radius 1 is 1.32 bits per heavy atom. The normalized spacial score (nSPS) is 43.6. The molecule has 0 aromatic carbocycles. The van der Waals surface area contributed by atoms with E-state index in [1.807, 2.05) is 16.7 Å². The van der Waals surface area contributed by atoms with E-state index >= 15 is 0 Å². The Morgan fingerprint density at radius 2 is 2.05 bits per heavy atom. The van der Waals surface area contributed by atoms with Crippen LogP contribution in [0.15, 0.2) is 0 Å². The van der Waals surface area contributed by atoms with Crippen molar-refractivity contribution in [1.29, 1.82) is 0 Å². The van der Waals surface area contributed by atoms with Gasteiger partial charge in [0.15, 0.2) is 0 Å². The molecule has 19 heavy (non-hydrogen) atoms. The van der Waals surface area contributed by atoms with Gasteiger partial charge in [-0.1, -0.05) is 0 Å². The Morgan fingerprint density at radius 3 is 2.74 bits per heavy atom. The summed E-state index contributed by atoms with van der Waals surface area (Å²) in [7, 11) is 0. The quantitative estimate of drug-likeness (QED) is 0.711. The van der Waals surface area contributed by atoms with Gasteiger partial charge in [-0.2, -0.15) is 0 Å². The number of carbonyl (C=O) groups excluding carboxylic acids is 2. The molecule has 0 aromatic heterocycles. The maximum Gasteiger partial charge on any atom is 0.226 e. The number of hydrogen-bond acceptors (Lipinski definition) is 3. The van der Waals surface area contributed by atoms with Crippen LogP contribution in [0.2, 0.25) is 0 Å². The highest BCUT2D eigenvalue weighted by Gasteiger charge is 2.61. The van der Waals surface area contributed by atoms with Crippen molar-refractivity contribution in [3.63, 3.8) is 0 Å². The molecule has 0 spiro atoms. The van der Waals surface area contributed by atoms with Gasteiger partial charge in [0.1, 0.15) is 0 Å². The van der Waals surface area contributed by atoms with Gasteiger partial charge in [0.2, 0.25) is 11.8 Å². The topological polar surface area (TPSA) is 49.9 Å². The van der Waals surface area contributed by atoms with Gasteiger partial charge < -0.3 is 14.5 Å². The van der Waals surface area contributed by atoms with E-state index < -0.39 is 0 Å². The molecule has 104 valence electrons. The lowest BCUT2D eigenvalue weighted by Crippen LogP contribution is -2.41. The largest absolute Gasteiger partial charge is 0.381 e. The van der Waals surface area contributed by atoms with Crippen molar-refractivity contribution < 1.29 is 14.3 Å². The molecular formula is C14H20N2O3. The highest BCUT2D eigenvalue weighted by molar-refractivity contribution is 5.86. The lowest BCUT2D eigenvalue weighted by Gasteiger charge is -2.25. The van der Waals surface area contributed by atoms with E-state index in [9.17, 15) is 9.59 Å². The van der Waals surface area contributed by atoms with Gasteiger partial charge in [-0.05, 0) is 25.2 Å². The maximum atomic E-state index is 12.6. The summed E-state index contributed by atoms with van der Waals surface area (Å²) in [6.07, 6.45) is 1.48. The highest BCUT2D eigenvalue weighted by Crippen LogP contribution is 2.52. The molecule has 0 N–H and O–H groups in total. The SMILES string of the molecule is CCN1C(=O)CC2C1CCN2C(=O)C1[C@H]2COC[C@@H]12. The van der Waals surface area contributed by atoms with Crippen molar-refractivity contribution in [1.82, 2.24) is 9.80 Å². The van der Waals surface area contributed by atoms with Gasteiger partial charge in [0.25, 0.3) is 0 Å². The maximum absolute atomic E-state index is 12.6. The zero-order valence-electron chi connectivity index (χ0n) is 11.2. The monoisotopic (exact) mass is 264 g/mol. The molecule has 4 fully saturated rings. The number of ether oxygens (including phenoxy) is 1. The molecule has 0 radical (unpaired) electrons. The minimum Gasteiger partial charge on any atom is -0.381 e. The highest BCUT2D eigenvalue weighted by atomic mass is 16.5. The van der Waals surface area contributed by atoms with Gasteiger partial charge in [-0.25, -0.2) is 0 Å². The summed E-state index contributed by atoms with van der Waals surface area (Å²) in [6, 6.07) is 0.415. The molecule has 1 aliphatic carbocycles. The third-order valence-corrected chi connectivity index (χ3v) is 5.48. The molecule has 3 unspecified atom stereocenters. The van der Waals surface area contributed by atoms with Crippen LogP contribution in [0.5, 0.6) is 0 Å². The van der Waals surface area contributed by atoms with Gasteiger partial charge >= 0.3 is 0 Å². The molecule has 3 saturated heterocycles. The molecule has 5 heteroatoms. The first kappa shape index (κ1) is 11.7. The van der Waals surface area contributed by atoms with Crippen molar-refractivity contribution in [3.8, 4) is 0 Å². The van der Waals surface area contributed by atoms with Gasteiger partial charge in [0.05, 0.1) is 25.3 Å². The second kappa shape index (κ2) is 3.95. The minimum atomic E-state index is 0.141. The summed E-state index contributed by atoms with van der Waals surface area (Å²) in [5.74, 6) is 1.63. The Bertz CT molecular complexity index is 428. The molecule has 3 heterocycles. The molecular weight excluding hydrogens is 244 g/mol. The Hall–Kier alpha value is -1.10. The molecule has 3 aliphatic heterocycles. The van der Waals surface area contributed by atoms with Crippen LogP contribution in [0, 0.1) is 17.8 Å². The van der Waals surface area contributed by atoms with Crippen molar-refractivity contribution in [3.05, 3.63) is 0 Å². The molecule has 2 amide bonds. The first-order valence-electron chi connectivity index (χ1n) is 7.40. The Kier molecular flexibility index (Phi) is 2.43. The molecule has 5 nitrogen and oxygen atoms in total. The molecule has 0 bridgehead atoms. The zero-order valence-corrected chi connectivity index (χ0v) is 11.2. The third kappa shape index (κ3) is 1.51. The van der Waals surface area contributed by atoms with Crippen LogP contribution in [0.25, 0.3) is 0 Å². The number of amides is 2. The van der Waals surface area contributed by atoms with Crippen LogP contribution in [0.3, 0.4) is 0 Å². The minimum absolute atomic E-state index is 0.141. The third-order valence-electron chi connectivity index (χ3n) is 5.48. The number of rotatable bonds is 2. The smallest absolute Gasteiger partial charge is 0.226 e. The average Bonchev–Trinajstić information content (AvgIpc) is 2.78. The average molecular weight is 264 g/mol. The second-order valence-electron chi connectivity index (χ2n) is 6.23. The fourth-order valence-corrected chi connectivity index (χ4v) is 4.41.